The van der Waals surface area contributed by atoms with Crippen molar-refractivity contribution in [3.05, 3.63) is 71.8 Å². The fourth-order valence-electron chi connectivity index (χ4n) is 3.84. The molecular weight excluding hydrogens is 372 g/mol. The second kappa shape index (κ2) is 7.65. The average molecular weight is 394 g/mol. The van der Waals surface area contributed by atoms with Gasteiger partial charge in [0.25, 0.3) is 5.91 Å². The van der Waals surface area contributed by atoms with Gasteiger partial charge in [0, 0.05) is 13.1 Å². The lowest BCUT2D eigenvalue weighted by Crippen LogP contribution is -2.53. The summed E-state index contributed by atoms with van der Waals surface area (Å²) in [6.45, 7) is 1.08. The molecule has 29 heavy (non-hydrogen) atoms. The summed E-state index contributed by atoms with van der Waals surface area (Å²) in [6.07, 6.45) is -0.752. The lowest BCUT2D eigenvalue weighted by Gasteiger charge is -2.33. The SMILES string of the molecule is NC(=O)C1CN(CN2C(=O)NC(c3ccccc3)(c3ccccc3)C2=O)CCO1. The second-order valence-corrected chi connectivity index (χ2v) is 7.13. The Labute approximate surface area is 168 Å². The van der Waals surface area contributed by atoms with Gasteiger partial charge < -0.3 is 15.8 Å². The van der Waals surface area contributed by atoms with Crippen LogP contribution in [0.1, 0.15) is 11.1 Å². The highest BCUT2D eigenvalue weighted by molar-refractivity contribution is 6.09. The Kier molecular flexibility index (Phi) is 5.04. The first-order valence-electron chi connectivity index (χ1n) is 9.41. The Bertz CT molecular complexity index is 879. The molecule has 0 saturated carbocycles. The van der Waals surface area contributed by atoms with Crippen molar-refractivity contribution in [2.75, 3.05) is 26.4 Å². The minimum atomic E-state index is -1.30. The summed E-state index contributed by atoms with van der Waals surface area (Å²) in [5.74, 6) is -0.920. The molecule has 2 aromatic carbocycles. The lowest BCUT2D eigenvalue weighted by atomic mass is 9.83. The third-order valence-electron chi connectivity index (χ3n) is 5.33. The molecule has 150 valence electrons. The van der Waals surface area contributed by atoms with Crippen LogP contribution in [0.4, 0.5) is 4.79 Å². The van der Waals surface area contributed by atoms with E-state index in [0.717, 1.165) is 0 Å². The number of nitrogens with one attached hydrogen (secondary N) is 1. The molecule has 2 heterocycles. The maximum atomic E-state index is 13.6. The van der Waals surface area contributed by atoms with E-state index in [9.17, 15) is 14.4 Å². The molecule has 0 radical (unpaired) electrons. The van der Waals surface area contributed by atoms with Crippen LogP contribution >= 0.6 is 0 Å². The Hall–Kier alpha value is -3.23. The number of ether oxygens (including phenoxy) is 1. The zero-order valence-corrected chi connectivity index (χ0v) is 15.8. The fourth-order valence-corrected chi connectivity index (χ4v) is 3.84. The van der Waals surface area contributed by atoms with E-state index >= 15 is 0 Å². The van der Waals surface area contributed by atoms with Crippen molar-refractivity contribution in [3.63, 3.8) is 0 Å². The Morgan fingerprint density at radius 1 is 1.07 bits per heavy atom. The van der Waals surface area contributed by atoms with Crippen molar-refractivity contribution < 1.29 is 19.1 Å². The van der Waals surface area contributed by atoms with Crippen molar-refractivity contribution in [2.24, 2.45) is 5.73 Å². The normalized spacial score (nSPS) is 21.8. The standard InChI is InChI=1S/C21H22N4O4/c22-18(26)17-13-24(11-12-29-17)14-25-19(27)21(23-20(25)28,15-7-3-1-4-8-15)16-9-5-2-6-10-16/h1-10,17H,11-14H2,(H2,22,26)(H,23,28). The quantitative estimate of drug-likeness (QED) is 0.724. The van der Waals surface area contributed by atoms with Crippen molar-refractivity contribution in [1.82, 2.24) is 15.1 Å². The van der Waals surface area contributed by atoms with Crippen LogP contribution in [0.2, 0.25) is 0 Å². The van der Waals surface area contributed by atoms with E-state index in [4.69, 9.17) is 10.5 Å². The number of morpholine rings is 1. The smallest absolute Gasteiger partial charge is 0.326 e. The van der Waals surface area contributed by atoms with Crippen molar-refractivity contribution >= 4 is 17.8 Å². The third kappa shape index (κ3) is 3.37. The molecule has 0 spiro atoms. The average Bonchev–Trinajstić information content (AvgIpc) is 3.01. The van der Waals surface area contributed by atoms with Gasteiger partial charge in [0.05, 0.1) is 13.3 Å². The van der Waals surface area contributed by atoms with E-state index in [1.54, 1.807) is 0 Å². The van der Waals surface area contributed by atoms with Gasteiger partial charge in [-0.3, -0.25) is 14.5 Å². The summed E-state index contributed by atoms with van der Waals surface area (Å²) in [5.41, 5.74) is 5.41. The van der Waals surface area contributed by atoms with E-state index in [0.29, 0.717) is 24.3 Å². The molecule has 2 saturated heterocycles. The minimum Gasteiger partial charge on any atom is -0.367 e. The highest BCUT2D eigenvalue weighted by atomic mass is 16.5. The molecular formula is C21H22N4O4. The van der Waals surface area contributed by atoms with Gasteiger partial charge >= 0.3 is 6.03 Å². The minimum absolute atomic E-state index is 0.0548. The topological polar surface area (TPSA) is 105 Å². The van der Waals surface area contributed by atoms with Crippen molar-refractivity contribution in [2.45, 2.75) is 11.6 Å². The maximum Gasteiger partial charge on any atom is 0.326 e. The van der Waals surface area contributed by atoms with Crippen LogP contribution in [0.3, 0.4) is 0 Å². The number of carbonyl (C=O) groups is 3. The van der Waals surface area contributed by atoms with Crippen LogP contribution in [-0.4, -0.2) is 60.1 Å². The van der Waals surface area contributed by atoms with Crippen LogP contribution in [0, 0.1) is 0 Å². The zero-order valence-electron chi connectivity index (χ0n) is 15.8. The number of hydrogen-bond donors (Lipinski definition) is 2. The second-order valence-electron chi connectivity index (χ2n) is 7.13. The van der Waals surface area contributed by atoms with Gasteiger partial charge in [-0.2, -0.15) is 0 Å². The summed E-state index contributed by atoms with van der Waals surface area (Å²) in [5, 5.41) is 2.91. The highest BCUT2D eigenvalue weighted by Gasteiger charge is 2.54. The fraction of sp³-hybridized carbons (Fsp3) is 0.286. The number of primary amides is 1. The lowest BCUT2D eigenvalue weighted by molar-refractivity contribution is -0.138. The molecule has 0 bridgehead atoms. The molecule has 4 rings (SSSR count). The Morgan fingerprint density at radius 2 is 1.66 bits per heavy atom. The number of imide groups is 1. The van der Waals surface area contributed by atoms with Crippen molar-refractivity contribution in [3.8, 4) is 0 Å². The van der Waals surface area contributed by atoms with Gasteiger partial charge in [0.2, 0.25) is 5.91 Å². The summed E-state index contributed by atoms with van der Waals surface area (Å²) in [7, 11) is 0. The first kappa shape index (κ1) is 19.1. The summed E-state index contributed by atoms with van der Waals surface area (Å²) in [4.78, 5) is 41.0. The molecule has 2 aliphatic rings. The maximum absolute atomic E-state index is 13.6. The number of amides is 4. The molecule has 2 aromatic rings. The first-order chi connectivity index (χ1) is 14.0. The largest absolute Gasteiger partial charge is 0.367 e. The molecule has 0 aromatic heterocycles. The number of benzene rings is 2. The van der Waals surface area contributed by atoms with Gasteiger partial charge in [-0.05, 0) is 11.1 Å². The monoisotopic (exact) mass is 394 g/mol. The molecule has 0 aliphatic carbocycles. The molecule has 8 nitrogen and oxygen atoms in total. The van der Waals surface area contributed by atoms with Crippen LogP contribution in [0.25, 0.3) is 0 Å². The van der Waals surface area contributed by atoms with Crippen LogP contribution in [0.5, 0.6) is 0 Å². The molecule has 1 atom stereocenters. The summed E-state index contributed by atoms with van der Waals surface area (Å²) >= 11 is 0. The predicted octanol–water partition coefficient (Wildman–Crippen LogP) is 0.626. The van der Waals surface area contributed by atoms with E-state index in [1.165, 1.54) is 4.90 Å². The van der Waals surface area contributed by atoms with E-state index < -0.39 is 23.6 Å². The number of hydrogen-bond acceptors (Lipinski definition) is 5. The Balaban J connectivity index is 1.66. The van der Waals surface area contributed by atoms with E-state index in [2.05, 4.69) is 5.32 Å². The molecule has 3 N–H and O–H groups in total. The molecule has 1 unspecified atom stereocenters. The molecule has 8 heteroatoms. The summed E-state index contributed by atoms with van der Waals surface area (Å²) < 4.78 is 5.35. The van der Waals surface area contributed by atoms with Crippen molar-refractivity contribution in [1.29, 1.82) is 0 Å². The number of nitrogens with zero attached hydrogens (tertiary/aromatic N) is 2. The van der Waals surface area contributed by atoms with Gasteiger partial charge in [0.15, 0.2) is 5.54 Å². The molecule has 2 aliphatic heterocycles. The van der Waals surface area contributed by atoms with Gasteiger partial charge in [-0.1, -0.05) is 60.7 Å². The van der Waals surface area contributed by atoms with Gasteiger partial charge in [-0.25, -0.2) is 9.69 Å². The van der Waals surface area contributed by atoms with Gasteiger partial charge in [0.1, 0.15) is 6.10 Å². The number of rotatable bonds is 5. The van der Waals surface area contributed by atoms with Crippen LogP contribution in [-0.2, 0) is 19.9 Å². The number of urea groups is 1. The van der Waals surface area contributed by atoms with E-state index in [1.807, 2.05) is 65.6 Å². The highest BCUT2D eigenvalue weighted by Crippen LogP contribution is 2.36. The third-order valence-corrected chi connectivity index (χ3v) is 5.33. The van der Waals surface area contributed by atoms with Gasteiger partial charge in [-0.15, -0.1) is 0 Å². The Morgan fingerprint density at radius 3 is 2.21 bits per heavy atom. The van der Waals surface area contributed by atoms with Crippen LogP contribution in [0.15, 0.2) is 60.7 Å². The first-order valence-corrected chi connectivity index (χ1v) is 9.41. The van der Waals surface area contributed by atoms with E-state index in [-0.39, 0.29) is 19.1 Å². The molecule has 2 fully saturated rings. The zero-order chi connectivity index (χ0) is 20.4. The number of nitrogens with two attached hydrogens (primary N) is 1. The summed E-state index contributed by atoms with van der Waals surface area (Å²) in [6, 6.07) is 17.9. The predicted molar refractivity (Wildman–Crippen MR) is 104 cm³/mol. The molecule has 4 amide bonds. The number of carbonyl (C=O) groups excluding carboxylic acids is 3. The van der Waals surface area contributed by atoms with Crippen LogP contribution < -0.4 is 11.1 Å².